The number of amides is 1. The van der Waals surface area contributed by atoms with Gasteiger partial charge in [0.25, 0.3) is 11.7 Å². The normalized spacial score (nSPS) is 17.6. The molecule has 0 saturated carbocycles. The highest BCUT2D eigenvalue weighted by Gasteiger charge is 2.46. The van der Waals surface area contributed by atoms with Gasteiger partial charge in [-0.05, 0) is 60.4 Å². The van der Waals surface area contributed by atoms with Crippen molar-refractivity contribution in [2.24, 2.45) is 0 Å². The van der Waals surface area contributed by atoms with Gasteiger partial charge in [-0.2, -0.15) is 0 Å². The standard InChI is InChI=1S/C26H24N2O4/c1-16-6-7-20(13-17(16)2)24(29)22-23(19-8-10-21(32-3)11-9-19)28(26(31)25(22)30)15-18-5-4-12-27-14-18/h4-14,23,29H,15H2,1-3H3/b24-22-. The first-order valence-electron chi connectivity index (χ1n) is 10.3. The highest BCUT2D eigenvalue weighted by molar-refractivity contribution is 6.46. The van der Waals surface area contributed by atoms with E-state index in [0.29, 0.717) is 16.9 Å². The third-order valence-electron chi connectivity index (χ3n) is 5.83. The van der Waals surface area contributed by atoms with E-state index >= 15 is 0 Å². The number of methoxy groups -OCH3 is 1. The Kier molecular flexibility index (Phi) is 5.77. The van der Waals surface area contributed by atoms with Crippen molar-refractivity contribution >= 4 is 17.4 Å². The maximum absolute atomic E-state index is 13.1. The van der Waals surface area contributed by atoms with Crippen LogP contribution in [0.5, 0.6) is 5.75 Å². The summed E-state index contributed by atoms with van der Waals surface area (Å²) in [5.74, 6) is -0.876. The van der Waals surface area contributed by atoms with Crippen LogP contribution in [0.2, 0.25) is 0 Å². The summed E-state index contributed by atoms with van der Waals surface area (Å²) >= 11 is 0. The molecule has 32 heavy (non-hydrogen) atoms. The molecule has 2 aromatic carbocycles. The SMILES string of the molecule is COc1ccc(C2/C(=C(/O)c3ccc(C)c(C)c3)C(=O)C(=O)N2Cc2cccnc2)cc1. The third kappa shape index (κ3) is 3.87. The summed E-state index contributed by atoms with van der Waals surface area (Å²) in [6.45, 7) is 4.11. The van der Waals surface area contributed by atoms with Gasteiger partial charge in [0.1, 0.15) is 11.5 Å². The van der Waals surface area contributed by atoms with Crippen LogP contribution < -0.4 is 4.74 Å². The summed E-state index contributed by atoms with van der Waals surface area (Å²) in [6.07, 6.45) is 3.31. The van der Waals surface area contributed by atoms with E-state index in [1.54, 1.807) is 55.9 Å². The summed E-state index contributed by atoms with van der Waals surface area (Å²) in [5, 5.41) is 11.2. The first-order valence-corrected chi connectivity index (χ1v) is 10.3. The lowest BCUT2D eigenvalue weighted by Gasteiger charge is -2.25. The Morgan fingerprint density at radius 2 is 1.81 bits per heavy atom. The summed E-state index contributed by atoms with van der Waals surface area (Å²) < 4.78 is 5.25. The number of carbonyl (C=O) groups is 2. The fraction of sp³-hybridized carbons (Fsp3) is 0.192. The molecular weight excluding hydrogens is 404 g/mol. The van der Waals surface area contributed by atoms with E-state index < -0.39 is 17.7 Å². The number of aliphatic hydroxyl groups is 1. The molecular formula is C26H24N2O4. The second kappa shape index (κ2) is 8.67. The number of Topliss-reactive ketones (excluding diaryl/α,β-unsaturated/α-hetero) is 1. The fourth-order valence-electron chi connectivity index (χ4n) is 3.91. The summed E-state index contributed by atoms with van der Waals surface area (Å²) in [4.78, 5) is 31.8. The third-order valence-corrected chi connectivity index (χ3v) is 5.83. The largest absolute Gasteiger partial charge is 0.507 e. The topological polar surface area (TPSA) is 79.7 Å². The van der Waals surface area contributed by atoms with Gasteiger partial charge in [-0.25, -0.2) is 0 Å². The van der Waals surface area contributed by atoms with Crippen LogP contribution in [0.1, 0.15) is 33.9 Å². The first kappa shape index (κ1) is 21.3. The molecule has 1 N–H and O–H groups in total. The molecule has 0 bridgehead atoms. The van der Waals surface area contributed by atoms with Gasteiger partial charge < -0.3 is 14.7 Å². The maximum atomic E-state index is 13.1. The zero-order chi connectivity index (χ0) is 22.8. The highest BCUT2D eigenvalue weighted by Crippen LogP contribution is 2.40. The first-order chi connectivity index (χ1) is 15.4. The number of likely N-dealkylation sites (tertiary alicyclic amines) is 1. The molecule has 162 valence electrons. The number of nitrogens with zero attached hydrogens (tertiary/aromatic N) is 2. The van der Waals surface area contributed by atoms with Gasteiger partial charge in [0.05, 0.1) is 18.7 Å². The predicted octanol–water partition coefficient (Wildman–Crippen LogP) is 4.33. The van der Waals surface area contributed by atoms with Crippen molar-refractivity contribution in [3.8, 4) is 5.75 Å². The van der Waals surface area contributed by atoms with Crippen molar-refractivity contribution in [1.82, 2.24) is 9.88 Å². The quantitative estimate of drug-likeness (QED) is 0.372. The number of aromatic nitrogens is 1. The minimum absolute atomic E-state index is 0.0762. The van der Waals surface area contributed by atoms with Gasteiger partial charge in [0.2, 0.25) is 0 Å². The minimum atomic E-state index is -0.734. The van der Waals surface area contributed by atoms with Gasteiger partial charge in [0, 0.05) is 24.5 Å². The van der Waals surface area contributed by atoms with Gasteiger partial charge >= 0.3 is 0 Å². The Morgan fingerprint density at radius 3 is 2.44 bits per heavy atom. The number of carbonyl (C=O) groups excluding carboxylic acids is 2. The van der Waals surface area contributed by atoms with E-state index in [2.05, 4.69) is 4.98 Å². The zero-order valence-electron chi connectivity index (χ0n) is 18.2. The van der Waals surface area contributed by atoms with Crippen LogP contribution in [-0.2, 0) is 16.1 Å². The zero-order valence-corrected chi connectivity index (χ0v) is 18.2. The van der Waals surface area contributed by atoms with Crippen molar-refractivity contribution in [1.29, 1.82) is 0 Å². The molecule has 6 nitrogen and oxygen atoms in total. The maximum Gasteiger partial charge on any atom is 0.295 e. The van der Waals surface area contributed by atoms with E-state index in [9.17, 15) is 14.7 Å². The van der Waals surface area contributed by atoms with Crippen LogP contribution in [0.3, 0.4) is 0 Å². The second-order valence-corrected chi connectivity index (χ2v) is 7.86. The van der Waals surface area contributed by atoms with Crippen LogP contribution in [0, 0.1) is 13.8 Å². The molecule has 0 radical (unpaired) electrons. The van der Waals surface area contributed by atoms with E-state index in [0.717, 1.165) is 16.7 Å². The molecule has 1 amide bonds. The van der Waals surface area contributed by atoms with Gasteiger partial charge in [-0.15, -0.1) is 0 Å². The Hall–Kier alpha value is -3.93. The lowest BCUT2D eigenvalue weighted by Crippen LogP contribution is -2.29. The average Bonchev–Trinajstić information content (AvgIpc) is 3.06. The molecule has 1 aliphatic heterocycles. The summed E-state index contributed by atoms with van der Waals surface area (Å²) in [5.41, 5.74) is 4.14. The smallest absolute Gasteiger partial charge is 0.295 e. The van der Waals surface area contributed by atoms with E-state index in [-0.39, 0.29) is 17.9 Å². The predicted molar refractivity (Wildman–Crippen MR) is 121 cm³/mol. The molecule has 1 atom stereocenters. The van der Waals surface area contributed by atoms with Gasteiger partial charge in [-0.1, -0.05) is 30.3 Å². The van der Waals surface area contributed by atoms with Crippen molar-refractivity contribution < 1.29 is 19.4 Å². The molecule has 1 aliphatic rings. The molecule has 1 fully saturated rings. The second-order valence-electron chi connectivity index (χ2n) is 7.86. The Balaban J connectivity index is 1.86. The Morgan fingerprint density at radius 1 is 1.06 bits per heavy atom. The van der Waals surface area contributed by atoms with Crippen molar-refractivity contribution in [3.63, 3.8) is 0 Å². The number of aliphatic hydroxyl groups excluding tert-OH is 1. The minimum Gasteiger partial charge on any atom is -0.507 e. The molecule has 6 heteroatoms. The molecule has 1 saturated heterocycles. The average molecular weight is 428 g/mol. The van der Waals surface area contributed by atoms with Crippen molar-refractivity contribution in [3.05, 3.63) is 100 Å². The van der Waals surface area contributed by atoms with Crippen LogP contribution >= 0.6 is 0 Å². The van der Waals surface area contributed by atoms with E-state index in [1.807, 2.05) is 32.0 Å². The number of rotatable bonds is 5. The van der Waals surface area contributed by atoms with Crippen LogP contribution in [0.15, 0.2) is 72.6 Å². The molecule has 0 spiro atoms. The molecule has 0 aliphatic carbocycles. The molecule has 1 aromatic heterocycles. The number of aryl methyl sites for hydroxylation is 2. The summed E-state index contributed by atoms with van der Waals surface area (Å²) in [6, 6.07) is 15.5. The molecule has 4 rings (SSSR count). The van der Waals surface area contributed by atoms with Gasteiger partial charge in [0.15, 0.2) is 0 Å². The summed E-state index contributed by atoms with van der Waals surface area (Å²) in [7, 11) is 1.57. The Labute approximate surface area is 186 Å². The van der Waals surface area contributed by atoms with Crippen LogP contribution in [0.25, 0.3) is 5.76 Å². The number of ether oxygens (including phenoxy) is 1. The highest BCUT2D eigenvalue weighted by atomic mass is 16.5. The number of hydrogen-bond acceptors (Lipinski definition) is 5. The molecule has 1 unspecified atom stereocenters. The fourth-order valence-corrected chi connectivity index (χ4v) is 3.91. The Bertz CT molecular complexity index is 1200. The number of pyridine rings is 1. The van der Waals surface area contributed by atoms with Crippen LogP contribution in [0.4, 0.5) is 0 Å². The van der Waals surface area contributed by atoms with Gasteiger partial charge in [-0.3, -0.25) is 14.6 Å². The van der Waals surface area contributed by atoms with Crippen LogP contribution in [-0.4, -0.2) is 33.8 Å². The van der Waals surface area contributed by atoms with Crippen molar-refractivity contribution in [2.75, 3.05) is 7.11 Å². The number of ketones is 1. The van der Waals surface area contributed by atoms with E-state index in [1.165, 1.54) is 4.90 Å². The lowest BCUT2D eigenvalue weighted by molar-refractivity contribution is -0.140. The molecule has 2 heterocycles. The lowest BCUT2D eigenvalue weighted by atomic mass is 9.94. The molecule has 3 aromatic rings. The van der Waals surface area contributed by atoms with E-state index in [4.69, 9.17) is 4.74 Å². The monoisotopic (exact) mass is 428 g/mol. The number of benzene rings is 2. The van der Waals surface area contributed by atoms with Crippen molar-refractivity contribution in [2.45, 2.75) is 26.4 Å². The number of hydrogen-bond donors (Lipinski definition) is 1.